The van der Waals surface area contributed by atoms with Gasteiger partial charge in [0.05, 0.1) is 16.3 Å². The van der Waals surface area contributed by atoms with Crippen LogP contribution >= 0.6 is 24.0 Å². The topological polar surface area (TPSA) is 59.4 Å². The van der Waals surface area contributed by atoms with Crippen molar-refractivity contribution in [3.05, 3.63) is 11.2 Å². The molecule has 0 saturated carbocycles. The van der Waals surface area contributed by atoms with Gasteiger partial charge < -0.3 is 9.84 Å². The van der Waals surface area contributed by atoms with E-state index < -0.39 is 5.97 Å². The highest BCUT2D eigenvalue weighted by Crippen LogP contribution is 2.18. The number of esters is 1. The van der Waals surface area contributed by atoms with Gasteiger partial charge in [0.25, 0.3) is 0 Å². The fraction of sp³-hybridized carbons (Fsp3) is 0.500. The number of aliphatic hydroxyl groups is 1. The van der Waals surface area contributed by atoms with Gasteiger partial charge in [0.2, 0.25) is 0 Å². The first-order valence-electron chi connectivity index (χ1n) is 4.16. The summed E-state index contributed by atoms with van der Waals surface area (Å²) in [4.78, 5) is 15.1. The Hall–Kier alpha value is -0.590. The molecule has 0 aliphatic heterocycles. The molecular weight excluding hydrogens is 222 g/mol. The van der Waals surface area contributed by atoms with E-state index in [1.54, 1.807) is 5.51 Å². The maximum Gasteiger partial charge on any atom is 0.358 e. The Labute approximate surface area is 91.3 Å². The van der Waals surface area contributed by atoms with Crippen molar-refractivity contribution in [2.75, 3.05) is 13.2 Å². The molecule has 0 unspecified atom stereocenters. The second-order valence-corrected chi connectivity index (χ2v) is 4.18. The average molecular weight is 233 g/mol. The van der Waals surface area contributed by atoms with Crippen LogP contribution in [0.3, 0.4) is 0 Å². The van der Waals surface area contributed by atoms with E-state index in [1.807, 2.05) is 0 Å². The lowest BCUT2D eigenvalue weighted by Gasteiger charge is -2.01. The van der Waals surface area contributed by atoms with Crippen molar-refractivity contribution in [3.63, 3.8) is 0 Å². The molecule has 0 atom stereocenters. The number of carbonyl (C=O) groups is 1. The van der Waals surface area contributed by atoms with E-state index in [0.717, 1.165) is 0 Å². The number of thiazole rings is 1. The normalized spacial score (nSPS) is 10.1. The second-order valence-electron chi connectivity index (χ2n) is 2.57. The number of nitrogens with zero attached hydrogens (tertiary/aromatic N) is 1. The summed E-state index contributed by atoms with van der Waals surface area (Å²) in [6.45, 7) is 0.427. The molecule has 0 aliphatic carbocycles. The molecule has 1 rings (SSSR count). The first-order chi connectivity index (χ1) is 6.75. The first kappa shape index (κ1) is 11.5. The Bertz CT molecular complexity index is 301. The number of unbranched alkanes of at least 4 members (excludes halogenated alkanes) is 1. The SMILES string of the molecule is O=C(OCCCCO)c1ncsc1S. The zero-order chi connectivity index (χ0) is 10.4. The molecule has 0 aliphatic rings. The average Bonchev–Trinajstić information content (AvgIpc) is 2.59. The summed E-state index contributed by atoms with van der Waals surface area (Å²) in [6, 6.07) is 0. The molecule has 0 aromatic carbocycles. The van der Waals surface area contributed by atoms with Crippen molar-refractivity contribution in [3.8, 4) is 0 Å². The highest BCUT2D eigenvalue weighted by Gasteiger charge is 2.13. The predicted octanol–water partition coefficient (Wildman–Crippen LogP) is 1.36. The molecule has 1 aromatic heterocycles. The molecule has 1 N–H and O–H groups in total. The van der Waals surface area contributed by atoms with Crippen LogP contribution in [0.25, 0.3) is 0 Å². The monoisotopic (exact) mass is 233 g/mol. The molecule has 6 heteroatoms. The quantitative estimate of drug-likeness (QED) is 0.458. The smallest absolute Gasteiger partial charge is 0.358 e. The molecule has 0 saturated heterocycles. The maximum absolute atomic E-state index is 11.3. The molecular formula is C8H11NO3S2. The highest BCUT2D eigenvalue weighted by molar-refractivity contribution is 7.82. The summed E-state index contributed by atoms with van der Waals surface area (Å²) in [5.74, 6) is -0.450. The lowest BCUT2D eigenvalue weighted by Crippen LogP contribution is -2.07. The summed E-state index contributed by atoms with van der Waals surface area (Å²) in [5, 5.41) is 8.50. The van der Waals surface area contributed by atoms with Gasteiger partial charge >= 0.3 is 5.97 Å². The van der Waals surface area contributed by atoms with Crippen molar-refractivity contribution in [2.45, 2.75) is 17.1 Å². The Morgan fingerprint density at radius 3 is 3.00 bits per heavy atom. The van der Waals surface area contributed by atoms with E-state index in [4.69, 9.17) is 9.84 Å². The van der Waals surface area contributed by atoms with Gasteiger partial charge in [0.1, 0.15) is 0 Å². The van der Waals surface area contributed by atoms with Gasteiger partial charge in [0.15, 0.2) is 5.69 Å². The molecule has 0 bridgehead atoms. The van der Waals surface area contributed by atoms with Crippen LogP contribution in [0, 0.1) is 0 Å². The Morgan fingerprint density at radius 2 is 2.43 bits per heavy atom. The lowest BCUT2D eigenvalue weighted by molar-refractivity contribution is 0.0483. The van der Waals surface area contributed by atoms with Gasteiger partial charge in [-0.1, -0.05) is 0 Å². The van der Waals surface area contributed by atoms with E-state index in [0.29, 0.717) is 23.7 Å². The second kappa shape index (κ2) is 6.00. The predicted molar refractivity (Wildman–Crippen MR) is 56.0 cm³/mol. The number of hydrogen-bond donors (Lipinski definition) is 2. The van der Waals surface area contributed by atoms with Crippen LogP contribution in [-0.2, 0) is 4.74 Å². The van der Waals surface area contributed by atoms with Gasteiger partial charge in [0, 0.05) is 6.61 Å². The maximum atomic E-state index is 11.3. The van der Waals surface area contributed by atoms with Crippen LogP contribution in [0.2, 0.25) is 0 Å². The van der Waals surface area contributed by atoms with E-state index in [9.17, 15) is 4.79 Å². The molecule has 0 radical (unpaired) electrons. The van der Waals surface area contributed by atoms with Crippen molar-refractivity contribution in [1.82, 2.24) is 4.98 Å². The van der Waals surface area contributed by atoms with Crippen LogP contribution in [0.1, 0.15) is 23.3 Å². The van der Waals surface area contributed by atoms with Crippen LogP contribution in [-0.4, -0.2) is 29.3 Å². The molecule has 0 fully saturated rings. The largest absolute Gasteiger partial charge is 0.461 e. The minimum atomic E-state index is -0.450. The number of aliphatic hydroxyl groups excluding tert-OH is 1. The highest BCUT2D eigenvalue weighted by atomic mass is 32.2. The Balaban J connectivity index is 2.32. The fourth-order valence-corrected chi connectivity index (χ4v) is 1.62. The number of carbonyl (C=O) groups excluding carboxylic acids is 1. The van der Waals surface area contributed by atoms with Gasteiger partial charge in [-0.05, 0) is 12.8 Å². The number of hydrogen-bond acceptors (Lipinski definition) is 6. The van der Waals surface area contributed by atoms with Gasteiger partial charge in [-0.2, -0.15) is 0 Å². The lowest BCUT2D eigenvalue weighted by atomic mass is 10.3. The number of aromatic nitrogens is 1. The van der Waals surface area contributed by atoms with E-state index in [2.05, 4.69) is 17.6 Å². The third-order valence-electron chi connectivity index (χ3n) is 1.53. The fourth-order valence-electron chi connectivity index (χ4n) is 0.827. The Morgan fingerprint density at radius 1 is 1.64 bits per heavy atom. The first-order valence-corrected chi connectivity index (χ1v) is 5.49. The molecule has 1 aromatic rings. The van der Waals surface area contributed by atoms with Crippen molar-refractivity contribution in [1.29, 1.82) is 0 Å². The van der Waals surface area contributed by atoms with E-state index >= 15 is 0 Å². The third-order valence-corrected chi connectivity index (χ3v) is 2.68. The van der Waals surface area contributed by atoms with Gasteiger partial charge in [-0.25, -0.2) is 9.78 Å². The van der Waals surface area contributed by atoms with Crippen LogP contribution in [0.4, 0.5) is 0 Å². The molecule has 1 heterocycles. The van der Waals surface area contributed by atoms with E-state index in [1.165, 1.54) is 11.3 Å². The van der Waals surface area contributed by atoms with Crippen LogP contribution in [0.15, 0.2) is 9.72 Å². The van der Waals surface area contributed by atoms with Crippen LogP contribution < -0.4 is 0 Å². The standard InChI is InChI=1S/C8H11NO3S2/c10-3-1-2-4-12-7(11)6-8(13)14-5-9-6/h5,10,13H,1-4H2. The molecule has 4 nitrogen and oxygen atoms in total. The summed E-state index contributed by atoms with van der Waals surface area (Å²) in [5.41, 5.74) is 1.81. The van der Waals surface area contributed by atoms with Crippen LogP contribution in [0.5, 0.6) is 0 Å². The van der Waals surface area contributed by atoms with Crippen molar-refractivity contribution >= 4 is 29.9 Å². The molecule has 0 amide bonds. The summed E-state index contributed by atoms with van der Waals surface area (Å²) in [6.07, 6.45) is 1.30. The minimum Gasteiger partial charge on any atom is -0.461 e. The van der Waals surface area contributed by atoms with Gasteiger partial charge in [-0.15, -0.1) is 24.0 Å². The van der Waals surface area contributed by atoms with Gasteiger partial charge in [-0.3, -0.25) is 0 Å². The van der Waals surface area contributed by atoms with Crippen molar-refractivity contribution < 1.29 is 14.6 Å². The summed E-state index contributed by atoms with van der Waals surface area (Å²) >= 11 is 5.36. The third kappa shape index (κ3) is 3.28. The van der Waals surface area contributed by atoms with E-state index in [-0.39, 0.29) is 12.3 Å². The Kier molecular flexibility index (Phi) is 4.92. The molecule has 14 heavy (non-hydrogen) atoms. The molecule has 0 spiro atoms. The zero-order valence-electron chi connectivity index (χ0n) is 7.47. The number of rotatable bonds is 5. The molecule has 78 valence electrons. The minimum absolute atomic E-state index is 0.117. The van der Waals surface area contributed by atoms with Crippen molar-refractivity contribution in [2.24, 2.45) is 0 Å². The summed E-state index contributed by atoms with van der Waals surface area (Å²) < 4.78 is 5.48. The summed E-state index contributed by atoms with van der Waals surface area (Å²) in [7, 11) is 0. The number of ether oxygens (including phenoxy) is 1. The number of thiol groups is 1. The zero-order valence-corrected chi connectivity index (χ0v) is 9.18.